The minimum atomic E-state index is -1.10. The van der Waals surface area contributed by atoms with Crippen LogP contribution >= 0.6 is 0 Å². The van der Waals surface area contributed by atoms with Gasteiger partial charge < -0.3 is 10.2 Å². The molecule has 1 aromatic rings. The first-order chi connectivity index (χ1) is 6.15. The van der Waals surface area contributed by atoms with Gasteiger partial charge in [0, 0.05) is 5.69 Å². The number of hydrogen-bond acceptors (Lipinski definition) is 2. The summed E-state index contributed by atoms with van der Waals surface area (Å²) in [4.78, 5) is 10.3. The molecule has 0 aromatic heterocycles. The SMILES string of the molecule is Cc1c(CO)cccc1NC(=O)O. The number of nitrogens with one attached hydrogen (secondary N) is 1. The van der Waals surface area contributed by atoms with Crippen molar-refractivity contribution in [3.8, 4) is 0 Å². The highest BCUT2D eigenvalue weighted by molar-refractivity contribution is 5.84. The smallest absolute Gasteiger partial charge is 0.409 e. The zero-order valence-electron chi connectivity index (χ0n) is 7.24. The molecule has 1 amide bonds. The number of amides is 1. The van der Waals surface area contributed by atoms with Crippen LogP contribution in [0.5, 0.6) is 0 Å². The van der Waals surface area contributed by atoms with Crippen molar-refractivity contribution in [3.63, 3.8) is 0 Å². The van der Waals surface area contributed by atoms with E-state index in [0.717, 1.165) is 11.1 Å². The lowest BCUT2D eigenvalue weighted by atomic mass is 10.1. The average Bonchev–Trinajstić information content (AvgIpc) is 2.08. The van der Waals surface area contributed by atoms with E-state index in [0.29, 0.717) is 5.69 Å². The fourth-order valence-electron chi connectivity index (χ4n) is 1.11. The molecule has 1 aromatic carbocycles. The van der Waals surface area contributed by atoms with Gasteiger partial charge in [-0.05, 0) is 24.1 Å². The van der Waals surface area contributed by atoms with E-state index in [1.165, 1.54) is 0 Å². The fraction of sp³-hybridized carbons (Fsp3) is 0.222. The van der Waals surface area contributed by atoms with E-state index in [1.54, 1.807) is 25.1 Å². The van der Waals surface area contributed by atoms with Crippen LogP contribution in [0.2, 0.25) is 0 Å². The van der Waals surface area contributed by atoms with Crippen LogP contribution in [0.1, 0.15) is 11.1 Å². The van der Waals surface area contributed by atoms with Crippen LogP contribution in [0.25, 0.3) is 0 Å². The second kappa shape index (κ2) is 3.91. The quantitative estimate of drug-likeness (QED) is 0.648. The third-order valence-corrected chi connectivity index (χ3v) is 1.86. The van der Waals surface area contributed by atoms with Gasteiger partial charge in [0.15, 0.2) is 0 Å². The molecule has 0 fully saturated rings. The van der Waals surface area contributed by atoms with Gasteiger partial charge in [-0.3, -0.25) is 5.32 Å². The number of carboxylic acid groups (broad SMARTS) is 1. The maximum atomic E-state index is 10.3. The van der Waals surface area contributed by atoms with Crippen LogP contribution in [0, 0.1) is 6.92 Å². The second-order valence-corrected chi connectivity index (χ2v) is 2.68. The Morgan fingerprint density at radius 2 is 2.23 bits per heavy atom. The molecular formula is C9H11NO3. The maximum absolute atomic E-state index is 10.3. The van der Waals surface area contributed by atoms with Crippen LogP contribution in [0.3, 0.4) is 0 Å². The second-order valence-electron chi connectivity index (χ2n) is 2.68. The predicted molar refractivity (Wildman–Crippen MR) is 48.7 cm³/mol. The van der Waals surface area contributed by atoms with Gasteiger partial charge in [0.05, 0.1) is 6.61 Å². The van der Waals surface area contributed by atoms with Crippen molar-refractivity contribution >= 4 is 11.8 Å². The molecule has 0 aliphatic heterocycles. The molecule has 1 rings (SSSR count). The minimum absolute atomic E-state index is 0.0824. The molecule has 0 spiro atoms. The monoisotopic (exact) mass is 181 g/mol. The number of aliphatic hydroxyl groups is 1. The van der Waals surface area contributed by atoms with Gasteiger partial charge in [-0.2, -0.15) is 0 Å². The normalized spacial score (nSPS) is 9.69. The first kappa shape index (κ1) is 9.54. The molecule has 0 aliphatic carbocycles. The van der Waals surface area contributed by atoms with Gasteiger partial charge >= 0.3 is 6.09 Å². The van der Waals surface area contributed by atoms with Crippen molar-refractivity contribution in [1.29, 1.82) is 0 Å². The van der Waals surface area contributed by atoms with Crippen molar-refractivity contribution in [1.82, 2.24) is 0 Å². The van der Waals surface area contributed by atoms with Gasteiger partial charge in [-0.25, -0.2) is 4.79 Å². The standard InChI is InChI=1S/C9H11NO3/c1-6-7(5-11)3-2-4-8(6)10-9(12)13/h2-4,10-11H,5H2,1H3,(H,12,13). The first-order valence-electron chi connectivity index (χ1n) is 3.84. The van der Waals surface area contributed by atoms with E-state index in [9.17, 15) is 4.79 Å². The largest absolute Gasteiger partial charge is 0.465 e. The van der Waals surface area contributed by atoms with Gasteiger partial charge in [-0.15, -0.1) is 0 Å². The average molecular weight is 181 g/mol. The minimum Gasteiger partial charge on any atom is -0.465 e. The van der Waals surface area contributed by atoms with Gasteiger partial charge in [0.25, 0.3) is 0 Å². The topological polar surface area (TPSA) is 69.6 Å². The Bertz CT molecular complexity index is 323. The first-order valence-corrected chi connectivity index (χ1v) is 3.84. The highest BCUT2D eigenvalue weighted by Crippen LogP contribution is 2.18. The number of hydrogen-bond donors (Lipinski definition) is 3. The Hall–Kier alpha value is -1.55. The Morgan fingerprint density at radius 1 is 1.54 bits per heavy atom. The molecule has 4 nitrogen and oxygen atoms in total. The summed E-state index contributed by atoms with van der Waals surface area (Å²) in [7, 11) is 0. The Balaban J connectivity index is 3.01. The Morgan fingerprint density at radius 3 is 2.77 bits per heavy atom. The number of anilines is 1. The fourth-order valence-corrected chi connectivity index (χ4v) is 1.11. The van der Waals surface area contributed by atoms with Crippen LogP contribution in [-0.4, -0.2) is 16.3 Å². The lowest BCUT2D eigenvalue weighted by Crippen LogP contribution is -2.09. The third-order valence-electron chi connectivity index (χ3n) is 1.86. The number of aliphatic hydroxyl groups excluding tert-OH is 1. The third kappa shape index (κ3) is 2.19. The van der Waals surface area contributed by atoms with Crippen LogP contribution < -0.4 is 5.32 Å². The molecule has 0 saturated heterocycles. The maximum Gasteiger partial charge on any atom is 0.409 e. The highest BCUT2D eigenvalue weighted by atomic mass is 16.4. The van der Waals surface area contributed by atoms with Crippen molar-refractivity contribution in [2.75, 3.05) is 5.32 Å². The molecule has 70 valence electrons. The molecule has 3 N–H and O–H groups in total. The van der Waals surface area contributed by atoms with E-state index in [4.69, 9.17) is 10.2 Å². The van der Waals surface area contributed by atoms with E-state index in [2.05, 4.69) is 5.32 Å². The summed E-state index contributed by atoms with van der Waals surface area (Å²) in [5.41, 5.74) is 2.00. The van der Waals surface area contributed by atoms with E-state index in [1.807, 2.05) is 0 Å². The van der Waals surface area contributed by atoms with Crippen molar-refractivity contribution in [2.24, 2.45) is 0 Å². The lowest BCUT2D eigenvalue weighted by Gasteiger charge is -2.08. The van der Waals surface area contributed by atoms with Crippen molar-refractivity contribution < 1.29 is 15.0 Å². The summed E-state index contributed by atoms with van der Waals surface area (Å²) in [6.07, 6.45) is -1.10. The van der Waals surface area contributed by atoms with Gasteiger partial charge in [0.1, 0.15) is 0 Å². The molecule has 4 heteroatoms. The summed E-state index contributed by atoms with van der Waals surface area (Å²) in [6.45, 7) is 1.68. The Kier molecular flexibility index (Phi) is 2.87. The van der Waals surface area contributed by atoms with Gasteiger partial charge in [-0.1, -0.05) is 12.1 Å². The summed E-state index contributed by atoms with van der Waals surface area (Å²) in [6, 6.07) is 5.11. The molecule has 0 saturated carbocycles. The highest BCUT2D eigenvalue weighted by Gasteiger charge is 2.04. The molecule has 0 atom stereocenters. The number of benzene rings is 1. The molecule has 13 heavy (non-hydrogen) atoms. The summed E-state index contributed by atoms with van der Waals surface area (Å²) in [5.74, 6) is 0. The van der Waals surface area contributed by atoms with E-state index >= 15 is 0 Å². The van der Waals surface area contributed by atoms with Crippen LogP contribution in [0.15, 0.2) is 18.2 Å². The molecule has 0 radical (unpaired) electrons. The Labute approximate surface area is 75.8 Å². The molecular weight excluding hydrogens is 170 g/mol. The van der Waals surface area contributed by atoms with Gasteiger partial charge in [0.2, 0.25) is 0 Å². The van der Waals surface area contributed by atoms with Crippen LogP contribution in [0.4, 0.5) is 10.5 Å². The number of rotatable bonds is 2. The summed E-state index contributed by atoms with van der Waals surface area (Å²) in [5, 5.41) is 19.6. The molecule has 0 bridgehead atoms. The number of carbonyl (C=O) groups is 1. The molecule has 0 heterocycles. The van der Waals surface area contributed by atoms with E-state index in [-0.39, 0.29) is 6.61 Å². The zero-order valence-corrected chi connectivity index (χ0v) is 7.24. The lowest BCUT2D eigenvalue weighted by molar-refractivity contribution is 0.209. The predicted octanol–water partition coefficient (Wildman–Crippen LogP) is 1.58. The van der Waals surface area contributed by atoms with E-state index < -0.39 is 6.09 Å². The molecule has 0 aliphatic rings. The summed E-state index contributed by atoms with van der Waals surface area (Å²) >= 11 is 0. The van der Waals surface area contributed by atoms with Crippen molar-refractivity contribution in [3.05, 3.63) is 29.3 Å². The summed E-state index contributed by atoms with van der Waals surface area (Å²) < 4.78 is 0. The zero-order chi connectivity index (χ0) is 9.84. The molecule has 0 unspecified atom stereocenters. The van der Waals surface area contributed by atoms with Crippen LogP contribution in [-0.2, 0) is 6.61 Å². The van der Waals surface area contributed by atoms with Crippen molar-refractivity contribution in [2.45, 2.75) is 13.5 Å².